The Morgan fingerprint density at radius 3 is 3.16 bits per heavy atom. The number of nitrogens with one attached hydrogen (secondary N) is 1. The first-order chi connectivity index (χ1) is 9.25. The van der Waals surface area contributed by atoms with Crippen molar-refractivity contribution in [1.29, 1.82) is 0 Å². The van der Waals surface area contributed by atoms with Gasteiger partial charge in [0.05, 0.1) is 12.6 Å². The fourth-order valence-corrected chi connectivity index (χ4v) is 2.80. The fraction of sp³-hybridized carbons (Fsp3) is 0.533. The van der Waals surface area contributed by atoms with Crippen LogP contribution in [0.4, 0.5) is 5.69 Å². The number of carbonyl (C=O) groups is 1. The molecule has 1 unspecified atom stereocenters. The van der Waals surface area contributed by atoms with Gasteiger partial charge in [-0.25, -0.2) is 0 Å². The number of fused-ring (bicyclic) bond motifs is 1. The van der Waals surface area contributed by atoms with E-state index in [1.807, 2.05) is 30.1 Å². The molecule has 1 aromatic carbocycles. The van der Waals surface area contributed by atoms with Gasteiger partial charge in [0.1, 0.15) is 0 Å². The Labute approximate surface area is 113 Å². The van der Waals surface area contributed by atoms with Crippen molar-refractivity contribution in [3.8, 4) is 0 Å². The number of aryl methyl sites for hydroxylation is 1. The van der Waals surface area contributed by atoms with Gasteiger partial charge in [0.2, 0.25) is 0 Å². The van der Waals surface area contributed by atoms with Crippen molar-refractivity contribution in [3.63, 3.8) is 0 Å². The number of carbonyl (C=O) groups excluding carboxylic acids is 1. The van der Waals surface area contributed by atoms with E-state index in [-0.39, 0.29) is 11.9 Å². The largest absolute Gasteiger partial charge is 0.385 e. The second kappa shape index (κ2) is 5.21. The minimum atomic E-state index is 0.101. The zero-order chi connectivity index (χ0) is 13.2. The minimum absolute atomic E-state index is 0.101. The molecule has 1 saturated heterocycles. The van der Waals surface area contributed by atoms with E-state index < -0.39 is 0 Å². The van der Waals surface area contributed by atoms with E-state index in [9.17, 15) is 4.79 Å². The van der Waals surface area contributed by atoms with Crippen LogP contribution >= 0.6 is 0 Å². The predicted octanol–water partition coefficient (Wildman–Crippen LogP) is 1.91. The highest BCUT2D eigenvalue weighted by Gasteiger charge is 2.25. The van der Waals surface area contributed by atoms with Crippen LogP contribution in [0.3, 0.4) is 0 Å². The Bertz CT molecular complexity index is 481. The number of nitrogens with zero attached hydrogens (tertiary/aromatic N) is 1. The quantitative estimate of drug-likeness (QED) is 0.883. The minimum Gasteiger partial charge on any atom is -0.385 e. The van der Waals surface area contributed by atoms with Crippen molar-refractivity contribution in [2.24, 2.45) is 0 Å². The Kier molecular flexibility index (Phi) is 3.42. The van der Waals surface area contributed by atoms with Crippen LogP contribution in [0.5, 0.6) is 0 Å². The van der Waals surface area contributed by atoms with Gasteiger partial charge in [-0.3, -0.25) is 4.79 Å². The van der Waals surface area contributed by atoms with Crippen molar-refractivity contribution in [1.82, 2.24) is 4.90 Å². The third-order valence-corrected chi connectivity index (χ3v) is 4.06. The van der Waals surface area contributed by atoms with Gasteiger partial charge in [0.25, 0.3) is 5.91 Å². The topological polar surface area (TPSA) is 41.6 Å². The van der Waals surface area contributed by atoms with Crippen LogP contribution in [0, 0.1) is 0 Å². The molecule has 1 aromatic rings. The maximum absolute atomic E-state index is 12.5. The van der Waals surface area contributed by atoms with Crippen molar-refractivity contribution in [2.45, 2.75) is 25.3 Å². The molecule has 0 spiro atoms. The molecule has 3 rings (SSSR count). The summed E-state index contributed by atoms with van der Waals surface area (Å²) in [6.07, 6.45) is 3.13. The molecule has 1 N–H and O–H groups in total. The zero-order valence-corrected chi connectivity index (χ0v) is 11.3. The molecule has 2 aliphatic heterocycles. The van der Waals surface area contributed by atoms with E-state index in [1.54, 1.807) is 0 Å². The number of rotatable bonds is 2. The molecular formula is C15H20N2O2. The molecule has 19 heavy (non-hydrogen) atoms. The van der Waals surface area contributed by atoms with Gasteiger partial charge < -0.3 is 15.0 Å². The predicted molar refractivity (Wildman–Crippen MR) is 74.6 cm³/mol. The van der Waals surface area contributed by atoms with Crippen molar-refractivity contribution >= 4 is 11.6 Å². The molecule has 4 heteroatoms. The summed E-state index contributed by atoms with van der Waals surface area (Å²) in [7, 11) is 1.87. The van der Waals surface area contributed by atoms with Gasteiger partial charge in [-0.1, -0.05) is 0 Å². The Hall–Kier alpha value is -1.55. The van der Waals surface area contributed by atoms with Gasteiger partial charge in [0, 0.05) is 31.5 Å². The summed E-state index contributed by atoms with van der Waals surface area (Å²) in [5, 5.41) is 3.37. The summed E-state index contributed by atoms with van der Waals surface area (Å²) >= 11 is 0. The van der Waals surface area contributed by atoms with Crippen LogP contribution in [-0.2, 0) is 11.2 Å². The standard InChI is InChI=1S/C15H20N2O2/c1-17(13-6-8-19-10-13)15(18)12-4-5-14-11(9-12)3-2-7-16-14/h4-5,9,13,16H,2-3,6-8,10H2,1H3. The number of hydrogen-bond acceptors (Lipinski definition) is 3. The summed E-state index contributed by atoms with van der Waals surface area (Å²) < 4.78 is 5.35. The van der Waals surface area contributed by atoms with Crippen LogP contribution in [-0.4, -0.2) is 43.7 Å². The third-order valence-electron chi connectivity index (χ3n) is 4.06. The Balaban J connectivity index is 1.79. The van der Waals surface area contributed by atoms with Gasteiger partial charge in [0.15, 0.2) is 0 Å². The van der Waals surface area contributed by atoms with Gasteiger partial charge in [-0.2, -0.15) is 0 Å². The molecule has 0 aliphatic carbocycles. The molecule has 0 saturated carbocycles. The highest BCUT2D eigenvalue weighted by Crippen LogP contribution is 2.24. The molecule has 4 nitrogen and oxygen atoms in total. The molecule has 1 fully saturated rings. The number of amides is 1. The molecule has 0 bridgehead atoms. The average molecular weight is 260 g/mol. The monoisotopic (exact) mass is 260 g/mol. The van der Waals surface area contributed by atoms with Crippen LogP contribution in [0.2, 0.25) is 0 Å². The highest BCUT2D eigenvalue weighted by molar-refractivity contribution is 5.95. The summed E-state index contributed by atoms with van der Waals surface area (Å²) in [6, 6.07) is 6.21. The normalized spacial score (nSPS) is 21.6. The molecule has 1 atom stereocenters. The summed E-state index contributed by atoms with van der Waals surface area (Å²) in [5.74, 6) is 0.101. The van der Waals surface area contributed by atoms with Gasteiger partial charge >= 0.3 is 0 Å². The molecular weight excluding hydrogens is 240 g/mol. The SMILES string of the molecule is CN(C(=O)c1ccc2c(c1)CCCN2)C1CCOC1. The second-order valence-corrected chi connectivity index (χ2v) is 5.34. The van der Waals surface area contributed by atoms with E-state index in [1.165, 1.54) is 11.3 Å². The molecule has 2 aliphatic rings. The molecule has 1 amide bonds. The number of hydrogen-bond donors (Lipinski definition) is 1. The van der Waals surface area contributed by atoms with Crippen molar-refractivity contribution < 1.29 is 9.53 Å². The molecule has 0 radical (unpaired) electrons. The summed E-state index contributed by atoms with van der Waals surface area (Å²) in [5.41, 5.74) is 3.22. The van der Waals surface area contributed by atoms with Crippen LogP contribution in [0.15, 0.2) is 18.2 Å². The molecule has 2 heterocycles. The van der Waals surface area contributed by atoms with E-state index in [4.69, 9.17) is 4.74 Å². The third kappa shape index (κ3) is 2.45. The zero-order valence-electron chi connectivity index (χ0n) is 11.3. The lowest BCUT2D eigenvalue weighted by Crippen LogP contribution is -2.37. The number of anilines is 1. The van der Waals surface area contributed by atoms with E-state index >= 15 is 0 Å². The summed E-state index contributed by atoms with van der Waals surface area (Å²) in [4.78, 5) is 14.3. The first kappa shape index (κ1) is 12.5. The van der Waals surface area contributed by atoms with Crippen LogP contribution in [0.25, 0.3) is 0 Å². The molecule has 0 aromatic heterocycles. The average Bonchev–Trinajstić information content (AvgIpc) is 2.99. The lowest BCUT2D eigenvalue weighted by Gasteiger charge is -2.24. The fourth-order valence-electron chi connectivity index (χ4n) is 2.80. The first-order valence-corrected chi connectivity index (χ1v) is 6.97. The van der Waals surface area contributed by atoms with Crippen molar-refractivity contribution in [2.75, 3.05) is 32.1 Å². The number of benzene rings is 1. The van der Waals surface area contributed by atoms with E-state index in [0.29, 0.717) is 6.61 Å². The van der Waals surface area contributed by atoms with E-state index in [2.05, 4.69) is 5.32 Å². The van der Waals surface area contributed by atoms with Crippen molar-refractivity contribution in [3.05, 3.63) is 29.3 Å². The summed E-state index contributed by atoms with van der Waals surface area (Å²) in [6.45, 7) is 2.45. The van der Waals surface area contributed by atoms with Crippen LogP contribution < -0.4 is 5.32 Å². The maximum Gasteiger partial charge on any atom is 0.253 e. The number of likely N-dealkylation sites (N-methyl/N-ethyl adjacent to an activating group) is 1. The lowest BCUT2D eigenvalue weighted by atomic mass is 10.00. The smallest absolute Gasteiger partial charge is 0.253 e. The second-order valence-electron chi connectivity index (χ2n) is 5.34. The van der Waals surface area contributed by atoms with Gasteiger partial charge in [-0.05, 0) is 43.0 Å². The van der Waals surface area contributed by atoms with E-state index in [0.717, 1.165) is 38.0 Å². The first-order valence-electron chi connectivity index (χ1n) is 6.97. The lowest BCUT2D eigenvalue weighted by molar-refractivity contribution is 0.0711. The van der Waals surface area contributed by atoms with Gasteiger partial charge in [-0.15, -0.1) is 0 Å². The Morgan fingerprint density at radius 2 is 2.37 bits per heavy atom. The van der Waals surface area contributed by atoms with Crippen LogP contribution in [0.1, 0.15) is 28.8 Å². The Morgan fingerprint density at radius 1 is 1.47 bits per heavy atom. The highest BCUT2D eigenvalue weighted by atomic mass is 16.5. The maximum atomic E-state index is 12.5. The molecule has 102 valence electrons. The number of ether oxygens (including phenoxy) is 1.